The Morgan fingerprint density at radius 3 is 2.78 bits per heavy atom. The minimum Gasteiger partial charge on any atom is -0.494 e. The molecule has 1 heterocycles. The van der Waals surface area contributed by atoms with Crippen molar-refractivity contribution < 1.29 is 13.9 Å². The van der Waals surface area contributed by atoms with Crippen molar-refractivity contribution in [2.45, 2.75) is 18.9 Å². The number of hydrogen-bond acceptors (Lipinski definition) is 3. The highest BCUT2D eigenvalue weighted by atomic mass is 19.1. The molecule has 5 heteroatoms. The molecule has 1 aromatic carbocycles. The average Bonchev–Trinajstić information content (AvgIpc) is 2.34. The largest absolute Gasteiger partial charge is 0.494 e. The Balaban J connectivity index is 2.11. The van der Waals surface area contributed by atoms with Crippen molar-refractivity contribution in [3.05, 3.63) is 29.6 Å². The Morgan fingerprint density at radius 2 is 2.22 bits per heavy atom. The molecule has 98 valence electrons. The molecule has 0 aliphatic carbocycles. The van der Waals surface area contributed by atoms with Gasteiger partial charge in [-0.05, 0) is 24.6 Å². The predicted molar refractivity (Wildman–Crippen MR) is 66.1 cm³/mol. The summed E-state index contributed by atoms with van der Waals surface area (Å²) >= 11 is 0. The Labute approximate surface area is 106 Å². The highest BCUT2D eigenvalue weighted by Crippen LogP contribution is 2.25. The van der Waals surface area contributed by atoms with E-state index in [4.69, 9.17) is 10.5 Å². The van der Waals surface area contributed by atoms with E-state index in [0.717, 1.165) is 6.42 Å². The van der Waals surface area contributed by atoms with Crippen LogP contribution in [0, 0.1) is 5.82 Å². The van der Waals surface area contributed by atoms with Gasteiger partial charge in [0, 0.05) is 18.7 Å². The van der Waals surface area contributed by atoms with E-state index in [-0.39, 0.29) is 17.2 Å². The van der Waals surface area contributed by atoms with Gasteiger partial charge in [0.1, 0.15) is 0 Å². The van der Waals surface area contributed by atoms with Gasteiger partial charge in [-0.3, -0.25) is 4.79 Å². The third-order valence-corrected chi connectivity index (χ3v) is 3.40. The van der Waals surface area contributed by atoms with Crippen LogP contribution in [-0.4, -0.2) is 36.5 Å². The van der Waals surface area contributed by atoms with Crippen LogP contribution in [0.5, 0.6) is 5.75 Å². The minimum absolute atomic E-state index is 0.0795. The van der Waals surface area contributed by atoms with Gasteiger partial charge >= 0.3 is 0 Å². The molecule has 2 rings (SSSR count). The van der Waals surface area contributed by atoms with Crippen LogP contribution >= 0.6 is 0 Å². The summed E-state index contributed by atoms with van der Waals surface area (Å²) in [6.45, 7) is 3.09. The highest BCUT2D eigenvalue weighted by molar-refractivity contribution is 5.95. The Bertz CT molecular complexity index is 470. The van der Waals surface area contributed by atoms with E-state index in [9.17, 15) is 9.18 Å². The lowest BCUT2D eigenvalue weighted by molar-refractivity contribution is 0.0401. The van der Waals surface area contributed by atoms with E-state index < -0.39 is 5.82 Å². The van der Waals surface area contributed by atoms with Gasteiger partial charge in [-0.15, -0.1) is 0 Å². The number of halogens is 1. The Hall–Kier alpha value is -1.62. The van der Waals surface area contributed by atoms with Crippen LogP contribution in [0.4, 0.5) is 4.39 Å². The van der Waals surface area contributed by atoms with Crippen molar-refractivity contribution in [2.24, 2.45) is 5.73 Å². The third-order valence-electron chi connectivity index (χ3n) is 3.40. The van der Waals surface area contributed by atoms with Crippen molar-refractivity contribution in [1.29, 1.82) is 0 Å². The van der Waals surface area contributed by atoms with E-state index in [1.807, 2.05) is 6.92 Å². The van der Waals surface area contributed by atoms with E-state index >= 15 is 0 Å². The number of methoxy groups -OCH3 is 1. The van der Waals surface area contributed by atoms with Crippen LogP contribution in [0.15, 0.2) is 18.2 Å². The standard InChI is InChI=1S/C13H17FN2O2/c1-3-13(15)7-16(8-13)12(17)9-4-5-10(14)11(6-9)18-2/h4-6H,3,7-8,15H2,1-2H3. The topological polar surface area (TPSA) is 55.6 Å². The van der Waals surface area contributed by atoms with Crippen LogP contribution in [0.3, 0.4) is 0 Å². The van der Waals surface area contributed by atoms with Crippen LogP contribution in [0.25, 0.3) is 0 Å². The predicted octanol–water partition coefficient (Wildman–Crippen LogP) is 1.40. The molecule has 1 amide bonds. The van der Waals surface area contributed by atoms with Gasteiger partial charge in [0.05, 0.1) is 12.6 Å². The van der Waals surface area contributed by atoms with Crippen molar-refractivity contribution in [3.63, 3.8) is 0 Å². The molecule has 0 unspecified atom stereocenters. The fraction of sp³-hybridized carbons (Fsp3) is 0.462. The second-order valence-corrected chi connectivity index (χ2v) is 4.73. The molecule has 18 heavy (non-hydrogen) atoms. The van der Waals surface area contributed by atoms with Crippen LogP contribution in [0.2, 0.25) is 0 Å². The molecule has 1 fully saturated rings. The lowest BCUT2D eigenvalue weighted by Crippen LogP contribution is -2.68. The summed E-state index contributed by atoms with van der Waals surface area (Å²) in [5, 5.41) is 0. The number of nitrogens with two attached hydrogens (primary N) is 1. The maximum atomic E-state index is 13.2. The summed E-state index contributed by atoms with van der Waals surface area (Å²) in [5.41, 5.74) is 6.17. The number of ether oxygens (including phenoxy) is 1. The lowest BCUT2D eigenvalue weighted by atomic mass is 9.88. The smallest absolute Gasteiger partial charge is 0.254 e. The number of rotatable bonds is 3. The normalized spacial score (nSPS) is 17.2. The van der Waals surface area contributed by atoms with Gasteiger partial charge in [-0.2, -0.15) is 0 Å². The van der Waals surface area contributed by atoms with Crippen LogP contribution in [-0.2, 0) is 0 Å². The number of nitrogens with zero attached hydrogens (tertiary/aromatic N) is 1. The zero-order valence-corrected chi connectivity index (χ0v) is 10.6. The zero-order chi connectivity index (χ0) is 13.3. The molecule has 0 aromatic heterocycles. The van der Waals surface area contributed by atoms with Gasteiger partial charge < -0.3 is 15.4 Å². The quantitative estimate of drug-likeness (QED) is 0.884. The monoisotopic (exact) mass is 252 g/mol. The molecule has 0 atom stereocenters. The highest BCUT2D eigenvalue weighted by Gasteiger charge is 2.40. The SMILES string of the molecule is CCC1(N)CN(C(=O)c2ccc(F)c(OC)c2)C1. The van der Waals surface area contributed by atoms with E-state index in [2.05, 4.69) is 0 Å². The van der Waals surface area contributed by atoms with Crippen LogP contribution in [0.1, 0.15) is 23.7 Å². The molecule has 2 N–H and O–H groups in total. The summed E-state index contributed by atoms with van der Waals surface area (Å²) in [5.74, 6) is -0.530. The molecule has 0 saturated carbocycles. The molecule has 0 radical (unpaired) electrons. The van der Waals surface area contributed by atoms with Crippen molar-refractivity contribution in [1.82, 2.24) is 4.90 Å². The second kappa shape index (κ2) is 4.57. The van der Waals surface area contributed by atoms with Gasteiger partial charge in [0.25, 0.3) is 5.91 Å². The first-order valence-electron chi connectivity index (χ1n) is 5.91. The fourth-order valence-corrected chi connectivity index (χ4v) is 2.06. The number of carbonyl (C=O) groups is 1. The first kappa shape index (κ1) is 12.8. The Morgan fingerprint density at radius 1 is 1.56 bits per heavy atom. The summed E-state index contributed by atoms with van der Waals surface area (Å²) in [6.07, 6.45) is 0.837. The van der Waals surface area contributed by atoms with E-state index in [1.54, 1.807) is 4.90 Å². The zero-order valence-electron chi connectivity index (χ0n) is 10.6. The van der Waals surface area contributed by atoms with Gasteiger partial charge in [0.2, 0.25) is 0 Å². The molecule has 1 aromatic rings. The van der Waals surface area contributed by atoms with Gasteiger partial charge in [-0.1, -0.05) is 6.92 Å². The molecular weight excluding hydrogens is 235 g/mol. The summed E-state index contributed by atoms with van der Waals surface area (Å²) in [7, 11) is 1.37. The van der Waals surface area contributed by atoms with E-state index in [1.165, 1.54) is 25.3 Å². The first-order valence-corrected chi connectivity index (χ1v) is 5.91. The number of likely N-dealkylation sites (tertiary alicyclic amines) is 1. The molecule has 4 nitrogen and oxygen atoms in total. The molecule has 0 spiro atoms. The second-order valence-electron chi connectivity index (χ2n) is 4.73. The van der Waals surface area contributed by atoms with Crippen molar-refractivity contribution in [2.75, 3.05) is 20.2 Å². The molecule has 1 saturated heterocycles. The van der Waals surface area contributed by atoms with Crippen LogP contribution < -0.4 is 10.5 Å². The van der Waals surface area contributed by atoms with Gasteiger partial charge in [0.15, 0.2) is 11.6 Å². The summed E-state index contributed by atoms with van der Waals surface area (Å²) < 4.78 is 18.1. The van der Waals surface area contributed by atoms with Gasteiger partial charge in [-0.25, -0.2) is 4.39 Å². The summed E-state index contributed by atoms with van der Waals surface area (Å²) in [4.78, 5) is 13.8. The van der Waals surface area contributed by atoms with Crippen molar-refractivity contribution >= 4 is 5.91 Å². The maximum absolute atomic E-state index is 13.2. The minimum atomic E-state index is -0.473. The molecule has 1 aliphatic heterocycles. The van der Waals surface area contributed by atoms with E-state index in [0.29, 0.717) is 18.7 Å². The number of amides is 1. The molecule has 1 aliphatic rings. The lowest BCUT2D eigenvalue weighted by Gasteiger charge is -2.47. The summed E-state index contributed by atoms with van der Waals surface area (Å²) in [6, 6.07) is 4.12. The van der Waals surface area contributed by atoms with Crippen molar-refractivity contribution in [3.8, 4) is 5.75 Å². The number of benzene rings is 1. The Kier molecular flexibility index (Phi) is 3.26. The third kappa shape index (κ3) is 2.18. The first-order chi connectivity index (χ1) is 8.49. The fourth-order valence-electron chi connectivity index (χ4n) is 2.06. The molecule has 0 bridgehead atoms. The molecular formula is C13H17FN2O2. The maximum Gasteiger partial charge on any atom is 0.254 e. The number of hydrogen-bond donors (Lipinski definition) is 1. The average molecular weight is 252 g/mol. The number of carbonyl (C=O) groups excluding carboxylic acids is 1.